The van der Waals surface area contributed by atoms with Gasteiger partial charge in [0.1, 0.15) is 33.4 Å². The predicted molar refractivity (Wildman–Crippen MR) is 120 cm³/mol. The van der Waals surface area contributed by atoms with Gasteiger partial charge in [0.15, 0.2) is 0 Å². The van der Waals surface area contributed by atoms with Crippen LogP contribution in [0.5, 0.6) is 0 Å². The summed E-state index contributed by atoms with van der Waals surface area (Å²) in [6.45, 7) is 5.27. The average molecular weight is 523 g/mol. The monoisotopic (exact) mass is 521 g/mol. The van der Waals surface area contributed by atoms with Crippen molar-refractivity contribution in [2.45, 2.75) is 38.0 Å². The van der Waals surface area contributed by atoms with Gasteiger partial charge in [0, 0.05) is 16.5 Å². The van der Waals surface area contributed by atoms with E-state index in [1.807, 2.05) is 0 Å². The van der Waals surface area contributed by atoms with E-state index in [0.717, 1.165) is 6.07 Å². The van der Waals surface area contributed by atoms with Gasteiger partial charge in [-0.25, -0.2) is 8.78 Å². The molecule has 6 nitrogen and oxygen atoms in total. The summed E-state index contributed by atoms with van der Waals surface area (Å²) in [5, 5.41) is 13.9. The lowest BCUT2D eigenvalue weighted by Crippen LogP contribution is -2.26. The Labute approximate surface area is 189 Å². The van der Waals surface area contributed by atoms with Crippen molar-refractivity contribution < 1.29 is 18.3 Å². The molecule has 0 aromatic heterocycles. The molecule has 0 aliphatic heterocycles. The molecular formula is C19H19BrClF2N3O3S. The van der Waals surface area contributed by atoms with E-state index in [-0.39, 0.29) is 22.7 Å². The van der Waals surface area contributed by atoms with Gasteiger partial charge >= 0.3 is 0 Å². The van der Waals surface area contributed by atoms with Crippen LogP contribution < -0.4 is 5.32 Å². The van der Waals surface area contributed by atoms with Crippen molar-refractivity contribution >= 4 is 56.5 Å². The Kier molecular flexibility index (Phi) is 8.20. The van der Waals surface area contributed by atoms with E-state index in [0.29, 0.717) is 10.5 Å². The molecule has 0 aliphatic rings. The summed E-state index contributed by atoms with van der Waals surface area (Å²) in [6.07, 6.45) is 1.42. The number of rotatable bonds is 7. The normalized spacial score (nSPS) is 14.0. The number of hydrogen-bond donors (Lipinski definition) is 1. The Balaban J connectivity index is 2.47. The molecule has 162 valence electrons. The minimum atomic E-state index is -1.53. The first-order valence-corrected chi connectivity index (χ1v) is 11.0. The van der Waals surface area contributed by atoms with Crippen LogP contribution in [-0.4, -0.2) is 20.4 Å². The van der Waals surface area contributed by atoms with Gasteiger partial charge < -0.3 is 9.87 Å². The van der Waals surface area contributed by atoms with Crippen LogP contribution in [0.3, 0.4) is 0 Å². The van der Waals surface area contributed by atoms with Gasteiger partial charge in [0.05, 0.1) is 28.3 Å². The van der Waals surface area contributed by atoms with E-state index < -0.39 is 44.4 Å². The van der Waals surface area contributed by atoms with Gasteiger partial charge in [0.2, 0.25) is 0 Å². The second-order valence-corrected chi connectivity index (χ2v) is 10.5. The molecule has 11 heteroatoms. The maximum Gasteiger partial charge on any atom is 0.295 e. The molecule has 0 saturated carbocycles. The highest BCUT2D eigenvalue weighted by atomic mass is 79.9. The molecule has 2 aromatic carbocycles. The van der Waals surface area contributed by atoms with Crippen LogP contribution in [0.15, 0.2) is 39.2 Å². The highest BCUT2D eigenvalue weighted by Crippen LogP contribution is 2.36. The average Bonchev–Trinajstić information content (AvgIpc) is 2.62. The number of nitrogens with one attached hydrogen (secondary N) is 1. The molecule has 0 heterocycles. The van der Waals surface area contributed by atoms with Crippen molar-refractivity contribution in [3.05, 3.63) is 67.1 Å². The molecule has 2 aromatic rings. The summed E-state index contributed by atoms with van der Waals surface area (Å²) >= 11 is 7.55. The summed E-state index contributed by atoms with van der Waals surface area (Å²) in [5.74, 6) is -1.51. The fraction of sp³-hybridized carbons (Fsp3) is 0.316. The van der Waals surface area contributed by atoms with Crippen molar-refractivity contribution in [3.8, 4) is 0 Å². The zero-order valence-corrected chi connectivity index (χ0v) is 19.4. The molecule has 0 fully saturated rings. The summed E-state index contributed by atoms with van der Waals surface area (Å²) in [5.41, 5.74) is -0.457. The Morgan fingerprint density at radius 2 is 2.00 bits per heavy atom. The molecule has 0 aliphatic carbocycles. The first kappa shape index (κ1) is 24.5. The first-order chi connectivity index (χ1) is 13.9. The topological polar surface area (TPSA) is 90.6 Å². The maximum absolute atomic E-state index is 14.6. The molecule has 0 unspecified atom stereocenters. The van der Waals surface area contributed by atoms with Gasteiger partial charge in [-0.2, -0.15) is 0 Å². The molecule has 0 radical (unpaired) electrons. The Morgan fingerprint density at radius 1 is 1.33 bits per heavy atom. The molecule has 2 atom stereocenters. The van der Waals surface area contributed by atoms with Crippen LogP contribution in [0.1, 0.15) is 38.8 Å². The van der Waals surface area contributed by atoms with Gasteiger partial charge in [-0.3, -0.25) is 10.1 Å². The number of benzene rings is 2. The number of hydrogen-bond acceptors (Lipinski definition) is 5. The van der Waals surface area contributed by atoms with Gasteiger partial charge in [-0.05, 0) is 39.0 Å². The molecule has 1 N–H and O–H groups in total. The van der Waals surface area contributed by atoms with Gasteiger partial charge in [0.25, 0.3) is 5.69 Å². The third-order valence-corrected chi connectivity index (χ3v) is 6.32. The molecule has 0 saturated heterocycles. The number of nitro groups is 1. The first-order valence-electron chi connectivity index (χ1n) is 8.70. The third kappa shape index (κ3) is 6.13. The number of anilines is 1. The molecule has 0 spiro atoms. The van der Waals surface area contributed by atoms with Crippen LogP contribution in [0, 0.1) is 21.7 Å². The smallest absolute Gasteiger partial charge is 0.295 e. The molecule has 0 amide bonds. The maximum atomic E-state index is 14.6. The molecule has 2 rings (SSSR count). The second kappa shape index (κ2) is 10.0. The lowest BCUT2D eigenvalue weighted by Gasteiger charge is -2.21. The quantitative estimate of drug-likeness (QED) is 0.198. The van der Waals surface area contributed by atoms with Crippen LogP contribution in [0.25, 0.3) is 0 Å². The molecular weight excluding hydrogens is 504 g/mol. The zero-order chi connectivity index (χ0) is 22.6. The van der Waals surface area contributed by atoms with Crippen molar-refractivity contribution in [2.75, 3.05) is 5.32 Å². The van der Waals surface area contributed by atoms with Gasteiger partial charge in [-0.15, -0.1) is 0 Å². The van der Waals surface area contributed by atoms with Crippen LogP contribution >= 0.6 is 27.5 Å². The van der Waals surface area contributed by atoms with E-state index >= 15 is 0 Å². The summed E-state index contributed by atoms with van der Waals surface area (Å²) in [7, 11) is 0. The summed E-state index contributed by atoms with van der Waals surface area (Å²) < 4.78 is 44.3. The number of nitrogens with zero attached hydrogens (tertiary/aromatic N) is 2. The lowest BCUT2D eigenvalue weighted by atomic mass is 10.0. The van der Waals surface area contributed by atoms with E-state index in [1.54, 1.807) is 26.8 Å². The lowest BCUT2D eigenvalue weighted by molar-refractivity contribution is -0.384. The number of halogens is 4. The zero-order valence-electron chi connectivity index (χ0n) is 16.3. The fourth-order valence-corrected chi connectivity index (χ4v) is 3.78. The largest absolute Gasteiger partial charge is 0.591 e. The Hall–Kier alpha value is -1.75. The van der Waals surface area contributed by atoms with Crippen molar-refractivity contribution in [1.29, 1.82) is 0 Å². The summed E-state index contributed by atoms with van der Waals surface area (Å²) in [4.78, 5) is 10.6. The number of nitro benzene ring substituents is 1. The van der Waals surface area contributed by atoms with Crippen molar-refractivity contribution in [2.24, 2.45) is 4.40 Å². The SMILES string of the molecule is CC(C)(C)[S@@+]([O-])N=CC[C@@H](Nc1cc(Cl)c(F)cc1[N+](=O)[O-])c1c(F)cccc1Br. The van der Waals surface area contributed by atoms with E-state index in [9.17, 15) is 23.4 Å². The van der Waals surface area contributed by atoms with Crippen LogP contribution in [0.2, 0.25) is 5.02 Å². The summed E-state index contributed by atoms with van der Waals surface area (Å²) in [6, 6.07) is 5.28. The predicted octanol–water partition coefficient (Wildman–Crippen LogP) is 6.37. The molecule has 30 heavy (non-hydrogen) atoms. The van der Waals surface area contributed by atoms with Crippen molar-refractivity contribution in [1.82, 2.24) is 0 Å². The van der Waals surface area contributed by atoms with Crippen LogP contribution in [0.4, 0.5) is 20.2 Å². The van der Waals surface area contributed by atoms with E-state index in [4.69, 9.17) is 11.6 Å². The third-order valence-electron chi connectivity index (χ3n) is 3.95. The minimum absolute atomic E-state index is 0.0491. The fourth-order valence-electron chi connectivity index (χ4n) is 2.46. The van der Waals surface area contributed by atoms with E-state index in [2.05, 4.69) is 25.6 Å². The van der Waals surface area contributed by atoms with Crippen LogP contribution in [-0.2, 0) is 11.4 Å². The van der Waals surface area contributed by atoms with Gasteiger partial charge in [-0.1, -0.05) is 38.0 Å². The highest BCUT2D eigenvalue weighted by Gasteiger charge is 2.27. The minimum Gasteiger partial charge on any atom is -0.591 e. The Bertz CT molecular complexity index is 953. The van der Waals surface area contributed by atoms with E-state index in [1.165, 1.54) is 18.3 Å². The second-order valence-electron chi connectivity index (χ2n) is 7.26. The highest BCUT2D eigenvalue weighted by molar-refractivity contribution is 9.10. The molecule has 0 bridgehead atoms. The Morgan fingerprint density at radius 3 is 2.57 bits per heavy atom. The van der Waals surface area contributed by atoms with Crippen molar-refractivity contribution in [3.63, 3.8) is 0 Å². The standard InChI is InChI=1S/C19H19BrClF2N3O3S/c1-19(2,3)30(29)24-8-7-15(18-11(20)5-4-6-13(18)22)25-16-9-12(21)14(23)10-17(16)26(27)28/h4-6,8-10,15,25H,7H2,1-3H3/t15-,30-/m1/s1.